The summed E-state index contributed by atoms with van der Waals surface area (Å²) in [6.45, 7) is 3.88. The van der Waals surface area contributed by atoms with E-state index in [9.17, 15) is 9.59 Å². The van der Waals surface area contributed by atoms with E-state index in [1.807, 2.05) is 25.1 Å². The third kappa shape index (κ3) is 6.01. The second kappa shape index (κ2) is 9.20. The Kier molecular flexibility index (Phi) is 8.42. The van der Waals surface area contributed by atoms with Crippen molar-refractivity contribution in [2.24, 2.45) is 5.73 Å². The van der Waals surface area contributed by atoms with Gasteiger partial charge in [-0.3, -0.25) is 4.79 Å². The molecule has 0 spiro atoms. The number of hydrogen-bond acceptors (Lipinski definition) is 3. The van der Waals surface area contributed by atoms with E-state index in [-0.39, 0.29) is 24.4 Å². The van der Waals surface area contributed by atoms with E-state index in [0.717, 1.165) is 0 Å². The molecular weight excluding hydrogens is 292 g/mol. The normalized spacial score (nSPS) is 12.6. The van der Waals surface area contributed by atoms with Crippen LogP contribution in [0.15, 0.2) is 30.3 Å². The minimum absolute atomic E-state index is 0. The van der Waals surface area contributed by atoms with Crippen LogP contribution in [0.3, 0.4) is 0 Å². The molecule has 4 N–H and O–H groups in total. The van der Waals surface area contributed by atoms with Crippen LogP contribution in [0.4, 0.5) is 10.5 Å². The van der Waals surface area contributed by atoms with Crippen molar-refractivity contribution >= 4 is 30.0 Å². The number of nitrogens with two attached hydrogens (primary N) is 1. The van der Waals surface area contributed by atoms with Crippen molar-refractivity contribution in [2.75, 3.05) is 18.9 Å². The number of hydrogen-bond donors (Lipinski definition) is 3. The lowest BCUT2D eigenvalue weighted by atomic mass is 10.2. The largest absolute Gasteiger partial charge is 0.340 e. The first-order valence-electron chi connectivity index (χ1n) is 6.55. The Bertz CT molecular complexity index is 456. The number of urea groups is 1. The van der Waals surface area contributed by atoms with Crippen molar-refractivity contribution in [1.82, 2.24) is 10.2 Å². The average molecular weight is 315 g/mol. The molecule has 0 saturated carbocycles. The molecule has 0 heterocycles. The van der Waals surface area contributed by atoms with E-state index >= 15 is 0 Å². The van der Waals surface area contributed by atoms with Gasteiger partial charge in [-0.1, -0.05) is 18.2 Å². The van der Waals surface area contributed by atoms with Gasteiger partial charge in [-0.25, -0.2) is 4.79 Å². The standard InChI is InChI=1S/C14H22N4O2.ClH/c1-10(9-15)18(3)13(19)11(2)16-14(20)17-12-7-5-4-6-8-12;/h4-8,10-11H,9,15H2,1-3H3,(H2,16,17,20);1H. The van der Waals surface area contributed by atoms with Crippen LogP contribution in [0.25, 0.3) is 0 Å². The zero-order valence-electron chi connectivity index (χ0n) is 12.5. The predicted molar refractivity (Wildman–Crippen MR) is 86.6 cm³/mol. The van der Waals surface area contributed by atoms with Crippen LogP contribution < -0.4 is 16.4 Å². The topological polar surface area (TPSA) is 87.5 Å². The molecule has 0 saturated heterocycles. The van der Waals surface area contributed by atoms with Crippen LogP contribution in [0.1, 0.15) is 13.8 Å². The van der Waals surface area contributed by atoms with E-state index < -0.39 is 12.1 Å². The van der Waals surface area contributed by atoms with Crippen molar-refractivity contribution in [3.63, 3.8) is 0 Å². The monoisotopic (exact) mass is 314 g/mol. The van der Waals surface area contributed by atoms with Crippen molar-refractivity contribution in [3.05, 3.63) is 30.3 Å². The van der Waals surface area contributed by atoms with Gasteiger partial charge in [-0.05, 0) is 26.0 Å². The molecular formula is C14H23ClN4O2. The van der Waals surface area contributed by atoms with E-state index in [4.69, 9.17) is 5.73 Å². The first-order chi connectivity index (χ1) is 9.45. The molecule has 1 rings (SSSR count). The predicted octanol–water partition coefficient (Wildman–Crippen LogP) is 1.42. The molecule has 6 nitrogen and oxygen atoms in total. The van der Waals surface area contributed by atoms with Crippen molar-refractivity contribution in [2.45, 2.75) is 25.9 Å². The van der Waals surface area contributed by atoms with Gasteiger partial charge in [0, 0.05) is 25.3 Å². The van der Waals surface area contributed by atoms with E-state index in [2.05, 4.69) is 10.6 Å². The summed E-state index contributed by atoms with van der Waals surface area (Å²) in [5.41, 5.74) is 6.20. The Morgan fingerprint density at radius 1 is 1.24 bits per heavy atom. The number of amides is 3. The maximum Gasteiger partial charge on any atom is 0.319 e. The fourth-order valence-electron chi connectivity index (χ4n) is 1.63. The smallest absolute Gasteiger partial charge is 0.319 e. The van der Waals surface area contributed by atoms with Crippen LogP contribution in [-0.2, 0) is 4.79 Å². The minimum Gasteiger partial charge on any atom is -0.340 e. The van der Waals surface area contributed by atoms with E-state index in [1.165, 1.54) is 4.90 Å². The van der Waals surface area contributed by atoms with Gasteiger partial charge >= 0.3 is 6.03 Å². The summed E-state index contributed by atoms with van der Waals surface area (Å²) in [6, 6.07) is 7.95. The van der Waals surface area contributed by atoms with Crippen molar-refractivity contribution < 1.29 is 9.59 Å². The highest BCUT2D eigenvalue weighted by Crippen LogP contribution is 2.05. The molecule has 118 valence electrons. The summed E-state index contributed by atoms with van der Waals surface area (Å²) >= 11 is 0. The number of rotatable bonds is 5. The lowest BCUT2D eigenvalue weighted by Crippen LogP contribution is -2.50. The molecule has 21 heavy (non-hydrogen) atoms. The number of carbonyl (C=O) groups excluding carboxylic acids is 2. The summed E-state index contributed by atoms with van der Waals surface area (Å²) in [5.74, 6) is -0.175. The van der Waals surface area contributed by atoms with Gasteiger partial charge in [0.25, 0.3) is 0 Å². The van der Waals surface area contributed by atoms with Gasteiger partial charge in [0.1, 0.15) is 6.04 Å². The SMILES string of the molecule is CC(NC(=O)Nc1ccccc1)C(=O)N(C)C(C)CN.Cl. The van der Waals surface area contributed by atoms with E-state index in [1.54, 1.807) is 26.1 Å². The van der Waals surface area contributed by atoms with Gasteiger partial charge in [-0.2, -0.15) is 0 Å². The second-order valence-electron chi connectivity index (χ2n) is 4.72. The van der Waals surface area contributed by atoms with Gasteiger partial charge in [0.05, 0.1) is 0 Å². The Labute approximate surface area is 131 Å². The Hall–Kier alpha value is -1.79. The van der Waals surface area contributed by atoms with E-state index in [0.29, 0.717) is 12.2 Å². The highest BCUT2D eigenvalue weighted by molar-refractivity contribution is 5.93. The summed E-state index contributed by atoms with van der Waals surface area (Å²) in [4.78, 5) is 25.4. The van der Waals surface area contributed by atoms with Crippen LogP contribution in [0, 0.1) is 0 Å². The van der Waals surface area contributed by atoms with Crippen molar-refractivity contribution in [3.8, 4) is 0 Å². The Balaban J connectivity index is 0.00000400. The number of nitrogens with zero attached hydrogens (tertiary/aromatic N) is 1. The number of benzene rings is 1. The molecule has 1 aromatic rings. The number of halogens is 1. The summed E-state index contributed by atoms with van der Waals surface area (Å²) in [7, 11) is 1.67. The molecule has 0 bridgehead atoms. The first kappa shape index (κ1) is 19.2. The average Bonchev–Trinajstić information content (AvgIpc) is 2.45. The number of likely N-dealkylation sites (N-methyl/N-ethyl adjacent to an activating group) is 1. The van der Waals surface area contributed by atoms with Crippen LogP contribution >= 0.6 is 12.4 Å². The highest BCUT2D eigenvalue weighted by Gasteiger charge is 2.22. The van der Waals surface area contributed by atoms with Gasteiger partial charge in [0.2, 0.25) is 5.91 Å². The highest BCUT2D eigenvalue weighted by atomic mass is 35.5. The van der Waals surface area contributed by atoms with Crippen LogP contribution in [-0.4, -0.2) is 42.5 Å². The summed E-state index contributed by atoms with van der Waals surface area (Å²) in [5, 5.41) is 5.27. The molecule has 7 heteroatoms. The van der Waals surface area contributed by atoms with Crippen LogP contribution in [0.5, 0.6) is 0 Å². The zero-order valence-corrected chi connectivity index (χ0v) is 13.3. The van der Waals surface area contributed by atoms with Crippen molar-refractivity contribution in [1.29, 1.82) is 0 Å². The van der Waals surface area contributed by atoms with Gasteiger partial charge in [0.15, 0.2) is 0 Å². The minimum atomic E-state index is -0.613. The number of para-hydroxylation sites is 1. The maximum atomic E-state index is 12.1. The Morgan fingerprint density at radius 2 is 1.81 bits per heavy atom. The fourth-order valence-corrected chi connectivity index (χ4v) is 1.63. The number of anilines is 1. The third-order valence-electron chi connectivity index (χ3n) is 3.10. The molecule has 2 unspecified atom stereocenters. The van der Waals surface area contributed by atoms with Gasteiger partial charge in [-0.15, -0.1) is 12.4 Å². The summed E-state index contributed by atoms with van der Waals surface area (Å²) < 4.78 is 0. The van der Waals surface area contributed by atoms with Gasteiger partial charge < -0.3 is 21.3 Å². The number of carbonyl (C=O) groups is 2. The quantitative estimate of drug-likeness (QED) is 0.768. The second-order valence-corrected chi connectivity index (χ2v) is 4.72. The Morgan fingerprint density at radius 3 is 2.33 bits per heavy atom. The molecule has 0 aliphatic carbocycles. The number of nitrogens with one attached hydrogen (secondary N) is 2. The third-order valence-corrected chi connectivity index (χ3v) is 3.10. The maximum absolute atomic E-state index is 12.1. The fraction of sp³-hybridized carbons (Fsp3) is 0.429. The lowest BCUT2D eigenvalue weighted by molar-refractivity contribution is -0.133. The summed E-state index contributed by atoms with van der Waals surface area (Å²) in [6.07, 6.45) is 0. The molecule has 1 aromatic carbocycles. The molecule has 3 amide bonds. The van der Waals surface area contributed by atoms with Crippen LogP contribution in [0.2, 0.25) is 0 Å². The molecule has 0 aromatic heterocycles. The zero-order chi connectivity index (χ0) is 15.1. The molecule has 0 radical (unpaired) electrons. The molecule has 0 fully saturated rings. The molecule has 0 aliphatic heterocycles. The lowest BCUT2D eigenvalue weighted by Gasteiger charge is -2.27. The first-order valence-corrected chi connectivity index (χ1v) is 6.55. The molecule has 0 aliphatic rings. The molecule has 2 atom stereocenters.